The Bertz CT molecular complexity index is 465. The topological polar surface area (TPSA) is 48.1 Å². The van der Waals surface area contributed by atoms with E-state index in [4.69, 9.17) is 10.5 Å². The molecule has 0 amide bonds. The average Bonchev–Trinajstić information content (AvgIpc) is 2.96. The van der Waals surface area contributed by atoms with Gasteiger partial charge in [0.25, 0.3) is 0 Å². The first-order valence-electron chi connectivity index (χ1n) is 5.98. The van der Waals surface area contributed by atoms with E-state index in [-0.39, 0.29) is 12.1 Å². The molecule has 2 rings (SSSR count). The molecule has 0 aliphatic carbocycles. The molecule has 18 heavy (non-hydrogen) atoms. The number of nitrogens with two attached hydrogens (primary N) is 1. The number of thiazole rings is 1. The summed E-state index contributed by atoms with van der Waals surface area (Å²) in [5, 5.41) is 2.06. The van der Waals surface area contributed by atoms with E-state index < -0.39 is 0 Å². The highest BCUT2D eigenvalue weighted by Crippen LogP contribution is 2.25. The lowest BCUT2D eigenvalue weighted by Gasteiger charge is -2.20. The zero-order valence-corrected chi connectivity index (χ0v) is 12.3. The van der Waals surface area contributed by atoms with Crippen LogP contribution in [0.25, 0.3) is 0 Å². The summed E-state index contributed by atoms with van der Waals surface area (Å²) >= 11 is 3.38. The molecule has 0 aliphatic heterocycles. The Balaban J connectivity index is 1.89. The molecule has 2 aromatic heterocycles. The number of nitrogens with zero attached hydrogens (tertiary/aromatic N) is 1. The van der Waals surface area contributed by atoms with E-state index in [1.54, 1.807) is 22.7 Å². The minimum Gasteiger partial charge on any atom is -0.371 e. The highest BCUT2D eigenvalue weighted by atomic mass is 32.1. The first kappa shape index (κ1) is 13.7. The molecule has 0 aromatic carbocycles. The fourth-order valence-corrected chi connectivity index (χ4v) is 3.44. The molecular weight excluding hydrogens is 264 g/mol. The molecule has 2 heterocycles. The number of hydrogen-bond donors (Lipinski definition) is 1. The monoisotopic (exact) mass is 282 g/mol. The lowest BCUT2D eigenvalue weighted by molar-refractivity contribution is 0.0430. The minimum atomic E-state index is -0.00164. The second-order valence-corrected chi connectivity index (χ2v) is 6.20. The van der Waals surface area contributed by atoms with Crippen LogP contribution in [-0.4, -0.2) is 17.6 Å². The predicted molar refractivity (Wildman–Crippen MR) is 77.2 cm³/mol. The lowest BCUT2D eigenvalue weighted by atomic mass is 10.1. The Labute approximate surface area is 116 Å². The van der Waals surface area contributed by atoms with Gasteiger partial charge in [-0.1, -0.05) is 6.07 Å². The van der Waals surface area contributed by atoms with Crippen molar-refractivity contribution in [2.24, 2.45) is 5.73 Å². The van der Waals surface area contributed by atoms with Crippen molar-refractivity contribution in [3.8, 4) is 0 Å². The predicted octanol–water partition coefficient (Wildman–Crippen LogP) is 3.16. The maximum absolute atomic E-state index is 5.99. The van der Waals surface area contributed by atoms with Crippen LogP contribution in [0.4, 0.5) is 0 Å². The van der Waals surface area contributed by atoms with E-state index in [2.05, 4.69) is 16.4 Å². The van der Waals surface area contributed by atoms with Gasteiger partial charge >= 0.3 is 0 Å². The summed E-state index contributed by atoms with van der Waals surface area (Å²) in [5.74, 6) is 0. The molecule has 0 saturated carbocycles. The van der Waals surface area contributed by atoms with Crippen LogP contribution >= 0.6 is 22.7 Å². The third kappa shape index (κ3) is 3.38. The van der Waals surface area contributed by atoms with Gasteiger partial charge in [-0.25, -0.2) is 4.98 Å². The van der Waals surface area contributed by atoms with Gasteiger partial charge in [0, 0.05) is 22.2 Å². The van der Waals surface area contributed by atoms with Crippen LogP contribution in [0, 0.1) is 6.92 Å². The van der Waals surface area contributed by atoms with Crippen LogP contribution in [-0.2, 0) is 11.2 Å². The van der Waals surface area contributed by atoms with Crippen molar-refractivity contribution in [3.05, 3.63) is 38.5 Å². The molecule has 2 aromatic rings. The van der Waals surface area contributed by atoms with Crippen molar-refractivity contribution < 1.29 is 4.74 Å². The quantitative estimate of drug-likeness (QED) is 0.885. The molecular formula is C13H18N2OS2. The average molecular weight is 282 g/mol. The number of hydrogen-bond acceptors (Lipinski definition) is 5. The molecule has 98 valence electrons. The van der Waals surface area contributed by atoms with E-state index in [1.165, 1.54) is 9.75 Å². The first-order chi connectivity index (χ1) is 8.68. The number of aryl methyl sites for hydroxylation is 1. The van der Waals surface area contributed by atoms with E-state index in [1.807, 2.05) is 25.4 Å². The molecule has 0 saturated heterocycles. The summed E-state index contributed by atoms with van der Waals surface area (Å²) < 4.78 is 5.94. The Kier molecular flexibility index (Phi) is 4.88. The van der Waals surface area contributed by atoms with Crippen LogP contribution in [0.2, 0.25) is 0 Å². The van der Waals surface area contributed by atoms with Crippen LogP contribution in [0.3, 0.4) is 0 Å². The summed E-state index contributed by atoms with van der Waals surface area (Å²) in [4.78, 5) is 6.74. The third-order valence-electron chi connectivity index (χ3n) is 2.77. The van der Waals surface area contributed by atoms with Crippen molar-refractivity contribution >= 4 is 22.7 Å². The fraction of sp³-hybridized carbons (Fsp3) is 0.462. The van der Waals surface area contributed by atoms with E-state index in [9.17, 15) is 0 Å². The molecule has 3 nitrogen and oxygen atoms in total. The van der Waals surface area contributed by atoms with Crippen molar-refractivity contribution in [3.63, 3.8) is 0 Å². The van der Waals surface area contributed by atoms with Crippen LogP contribution in [0.1, 0.15) is 28.5 Å². The molecule has 2 unspecified atom stereocenters. The second kappa shape index (κ2) is 6.43. The van der Waals surface area contributed by atoms with Crippen molar-refractivity contribution in [2.75, 3.05) is 6.61 Å². The Morgan fingerprint density at radius 2 is 2.28 bits per heavy atom. The molecule has 0 bridgehead atoms. The molecule has 5 heteroatoms. The highest BCUT2D eigenvalue weighted by molar-refractivity contribution is 7.10. The van der Waals surface area contributed by atoms with Crippen molar-refractivity contribution in [2.45, 2.75) is 32.4 Å². The largest absolute Gasteiger partial charge is 0.371 e. The lowest BCUT2D eigenvalue weighted by Crippen LogP contribution is -2.27. The van der Waals surface area contributed by atoms with Gasteiger partial charge in [0.15, 0.2) is 0 Å². The SMILES string of the molecule is Cc1ncsc1CCOC(c1cccs1)C(C)N. The van der Waals surface area contributed by atoms with Crippen LogP contribution < -0.4 is 5.73 Å². The van der Waals surface area contributed by atoms with E-state index in [0.29, 0.717) is 6.61 Å². The molecule has 2 atom stereocenters. The number of aromatic nitrogens is 1. The third-order valence-corrected chi connectivity index (χ3v) is 4.70. The minimum absolute atomic E-state index is 0.00164. The van der Waals surface area contributed by atoms with Gasteiger partial charge in [-0.05, 0) is 25.3 Å². The number of thiophene rings is 1. The molecule has 0 fully saturated rings. The maximum atomic E-state index is 5.99. The summed E-state index contributed by atoms with van der Waals surface area (Å²) in [6.07, 6.45) is 0.906. The van der Waals surface area contributed by atoms with Crippen LogP contribution in [0.5, 0.6) is 0 Å². The zero-order valence-electron chi connectivity index (χ0n) is 10.6. The van der Waals surface area contributed by atoms with Gasteiger partial charge in [0.05, 0.1) is 17.8 Å². The standard InChI is InChI=1S/C13H18N2OS2/c1-9(14)13(12-4-3-7-17-12)16-6-5-11-10(2)15-8-18-11/h3-4,7-9,13H,5-6,14H2,1-2H3. The fourth-order valence-electron chi connectivity index (χ4n) is 1.79. The molecule has 2 N–H and O–H groups in total. The Morgan fingerprint density at radius 3 is 2.83 bits per heavy atom. The Hall–Kier alpha value is -0.750. The number of ether oxygens (including phenoxy) is 1. The molecule has 0 spiro atoms. The number of rotatable bonds is 6. The van der Waals surface area contributed by atoms with Gasteiger partial charge in [0.1, 0.15) is 6.10 Å². The summed E-state index contributed by atoms with van der Waals surface area (Å²) in [5.41, 5.74) is 8.98. The van der Waals surface area contributed by atoms with Gasteiger partial charge in [-0.3, -0.25) is 0 Å². The Morgan fingerprint density at radius 1 is 1.44 bits per heavy atom. The van der Waals surface area contributed by atoms with Crippen molar-refractivity contribution in [1.29, 1.82) is 0 Å². The molecule has 0 aliphatic rings. The van der Waals surface area contributed by atoms with Crippen LogP contribution in [0.15, 0.2) is 23.0 Å². The van der Waals surface area contributed by atoms with Gasteiger partial charge in [-0.15, -0.1) is 22.7 Å². The first-order valence-corrected chi connectivity index (χ1v) is 7.74. The molecule has 0 radical (unpaired) electrons. The summed E-state index contributed by atoms with van der Waals surface area (Å²) in [6.45, 7) is 4.71. The normalized spacial score (nSPS) is 14.6. The van der Waals surface area contributed by atoms with Gasteiger partial charge in [-0.2, -0.15) is 0 Å². The summed E-state index contributed by atoms with van der Waals surface area (Å²) in [7, 11) is 0. The smallest absolute Gasteiger partial charge is 0.106 e. The van der Waals surface area contributed by atoms with Gasteiger partial charge < -0.3 is 10.5 Å². The zero-order chi connectivity index (χ0) is 13.0. The maximum Gasteiger partial charge on any atom is 0.106 e. The summed E-state index contributed by atoms with van der Waals surface area (Å²) in [6, 6.07) is 4.12. The van der Waals surface area contributed by atoms with E-state index >= 15 is 0 Å². The van der Waals surface area contributed by atoms with Gasteiger partial charge in [0.2, 0.25) is 0 Å². The second-order valence-electron chi connectivity index (χ2n) is 4.28. The van der Waals surface area contributed by atoms with Crippen molar-refractivity contribution in [1.82, 2.24) is 4.98 Å². The van der Waals surface area contributed by atoms with E-state index in [0.717, 1.165) is 12.1 Å². The highest BCUT2D eigenvalue weighted by Gasteiger charge is 2.17.